The van der Waals surface area contributed by atoms with Gasteiger partial charge in [-0.2, -0.15) is 11.8 Å². The van der Waals surface area contributed by atoms with Crippen molar-refractivity contribution in [3.63, 3.8) is 0 Å². The molecule has 1 atom stereocenters. The topological polar surface area (TPSA) is 103 Å². The molecule has 8 nitrogen and oxygen atoms in total. The van der Waals surface area contributed by atoms with Gasteiger partial charge in [-0.05, 0) is 67.3 Å². The molecule has 1 unspecified atom stereocenters. The van der Waals surface area contributed by atoms with Gasteiger partial charge in [-0.1, -0.05) is 11.6 Å². The van der Waals surface area contributed by atoms with Crippen LogP contribution in [0.2, 0.25) is 5.02 Å². The summed E-state index contributed by atoms with van der Waals surface area (Å²) < 4.78 is 0. The molecular formula is C26H27ClN6O2S. The average Bonchev–Trinajstić information content (AvgIpc) is 3.29. The molecule has 2 aromatic carbocycles. The lowest BCUT2D eigenvalue weighted by Gasteiger charge is -2.27. The van der Waals surface area contributed by atoms with E-state index in [1.165, 1.54) is 0 Å². The fourth-order valence-electron chi connectivity index (χ4n) is 4.57. The number of fused-ring (bicyclic) bond motifs is 2. The summed E-state index contributed by atoms with van der Waals surface area (Å²) in [6.07, 6.45) is 4.71. The van der Waals surface area contributed by atoms with Crippen molar-refractivity contribution in [1.29, 1.82) is 0 Å². The number of carbonyl (C=O) groups excluding carboxylic acids is 2. The van der Waals surface area contributed by atoms with Crippen molar-refractivity contribution >= 4 is 62.8 Å². The van der Waals surface area contributed by atoms with Crippen molar-refractivity contribution < 1.29 is 9.59 Å². The van der Waals surface area contributed by atoms with E-state index in [0.29, 0.717) is 23.7 Å². The Morgan fingerprint density at radius 1 is 1.28 bits per heavy atom. The van der Waals surface area contributed by atoms with Crippen molar-refractivity contribution in [2.75, 3.05) is 37.0 Å². The van der Waals surface area contributed by atoms with E-state index in [0.717, 1.165) is 51.2 Å². The highest BCUT2D eigenvalue weighted by Gasteiger charge is 2.25. The molecular weight excluding hydrogens is 496 g/mol. The van der Waals surface area contributed by atoms with Gasteiger partial charge in [0.2, 0.25) is 5.91 Å². The number of anilines is 1. The summed E-state index contributed by atoms with van der Waals surface area (Å²) in [4.78, 5) is 39.4. The van der Waals surface area contributed by atoms with Gasteiger partial charge < -0.3 is 20.5 Å². The Kier molecular flexibility index (Phi) is 7.02. The summed E-state index contributed by atoms with van der Waals surface area (Å²) in [5.41, 5.74) is 4.81. The molecule has 0 spiro atoms. The Bertz CT molecular complexity index is 1460. The number of nitrogens with zero attached hydrogens (tertiary/aromatic N) is 3. The minimum Gasteiger partial charge on any atom is -0.375 e. The predicted molar refractivity (Wildman–Crippen MR) is 146 cm³/mol. The minimum atomic E-state index is -0.150. The Morgan fingerprint density at radius 3 is 2.94 bits per heavy atom. The van der Waals surface area contributed by atoms with Crippen LogP contribution >= 0.6 is 23.4 Å². The van der Waals surface area contributed by atoms with Crippen LogP contribution < -0.4 is 10.6 Å². The van der Waals surface area contributed by atoms with E-state index < -0.39 is 0 Å². The molecule has 0 radical (unpaired) electrons. The summed E-state index contributed by atoms with van der Waals surface area (Å²) in [6.45, 7) is 2.95. The Balaban J connectivity index is 1.48. The number of imidazole rings is 1. The van der Waals surface area contributed by atoms with Crippen LogP contribution in [-0.4, -0.2) is 63.3 Å². The van der Waals surface area contributed by atoms with Crippen molar-refractivity contribution in [3.05, 3.63) is 64.6 Å². The van der Waals surface area contributed by atoms with Crippen LogP contribution in [0.1, 0.15) is 34.2 Å². The van der Waals surface area contributed by atoms with Gasteiger partial charge >= 0.3 is 0 Å². The maximum Gasteiger partial charge on any atom is 0.254 e. The van der Waals surface area contributed by atoms with Crippen LogP contribution in [-0.2, 0) is 4.79 Å². The molecule has 2 aromatic heterocycles. The highest BCUT2D eigenvalue weighted by molar-refractivity contribution is 7.98. The molecule has 1 fully saturated rings. The van der Waals surface area contributed by atoms with Crippen LogP contribution in [0.4, 0.5) is 5.69 Å². The predicted octanol–water partition coefficient (Wildman–Crippen LogP) is 4.55. The molecule has 0 aliphatic carbocycles. The molecule has 186 valence electrons. The second-order valence-electron chi connectivity index (χ2n) is 8.83. The van der Waals surface area contributed by atoms with Gasteiger partial charge in [-0.3, -0.25) is 14.6 Å². The average molecular weight is 523 g/mol. The number of hydrogen-bond donors (Lipinski definition) is 3. The van der Waals surface area contributed by atoms with Gasteiger partial charge in [0.15, 0.2) is 0 Å². The third kappa shape index (κ3) is 4.85. The Hall–Kier alpha value is -3.30. The first-order valence-electron chi connectivity index (χ1n) is 11.8. The maximum absolute atomic E-state index is 13.2. The van der Waals surface area contributed by atoms with E-state index in [-0.39, 0.29) is 24.4 Å². The molecule has 1 saturated heterocycles. The number of piperazine rings is 1. The molecule has 4 aromatic rings. The standard InChI is InChI=1S/C26H27ClN6O2S/c1-15-17(26(35)33-11-10-28-23(34)14-33)4-5-18-19(7-9-29-24(15)18)30-21(8-12-36-2)25-31-20-6-3-16(27)13-22(20)32-25/h3-7,9,13,21H,8,10-12,14H2,1-2H3,(H,28,34)(H,29,30)(H,31,32). The second kappa shape index (κ2) is 10.4. The zero-order valence-corrected chi connectivity index (χ0v) is 21.7. The first-order chi connectivity index (χ1) is 17.4. The van der Waals surface area contributed by atoms with Crippen molar-refractivity contribution in [2.24, 2.45) is 0 Å². The van der Waals surface area contributed by atoms with Crippen LogP contribution in [0.15, 0.2) is 42.6 Å². The zero-order chi connectivity index (χ0) is 25.2. The van der Waals surface area contributed by atoms with Crippen LogP contribution in [0.25, 0.3) is 21.9 Å². The van der Waals surface area contributed by atoms with Crippen molar-refractivity contribution in [2.45, 2.75) is 19.4 Å². The molecule has 36 heavy (non-hydrogen) atoms. The summed E-state index contributed by atoms with van der Waals surface area (Å²) >= 11 is 7.96. The van der Waals surface area contributed by atoms with E-state index in [1.54, 1.807) is 22.9 Å². The molecule has 2 amide bonds. The normalized spacial score (nSPS) is 14.8. The molecule has 3 heterocycles. The van der Waals surface area contributed by atoms with Gasteiger partial charge in [0.05, 0.1) is 29.1 Å². The smallest absolute Gasteiger partial charge is 0.254 e. The molecule has 5 rings (SSSR count). The first kappa shape index (κ1) is 24.4. The fraction of sp³-hybridized carbons (Fsp3) is 0.308. The Morgan fingerprint density at radius 2 is 2.14 bits per heavy atom. The highest BCUT2D eigenvalue weighted by Crippen LogP contribution is 2.31. The van der Waals surface area contributed by atoms with E-state index in [2.05, 4.69) is 26.9 Å². The van der Waals surface area contributed by atoms with Crippen LogP contribution in [0.5, 0.6) is 0 Å². The van der Waals surface area contributed by atoms with E-state index in [9.17, 15) is 9.59 Å². The van der Waals surface area contributed by atoms with Gasteiger partial charge in [0.1, 0.15) is 5.82 Å². The summed E-state index contributed by atoms with van der Waals surface area (Å²) in [5, 5.41) is 8.01. The van der Waals surface area contributed by atoms with E-state index in [1.807, 2.05) is 43.3 Å². The van der Waals surface area contributed by atoms with Crippen LogP contribution in [0, 0.1) is 6.92 Å². The number of aromatic amines is 1. The number of thioether (sulfide) groups is 1. The molecule has 1 aliphatic heterocycles. The number of nitrogens with one attached hydrogen (secondary N) is 3. The molecule has 0 bridgehead atoms. The number of benzene rings is 2. The lowest BCUT2D eigenvalue weighted by Crippen LogP contribution is -2.50. The van der Waals surface area contributed by atoms with Gasteiger partial charge in [0, 0.05) is 40.9 Å². The summed E-state index contributed by atoms with van der Waals surface area (Å²) in [6, 6.07) is 11.3. The number of H-pyrrole nitrogens is 1. The number of carbonyl (C=O) groups is 2. The van der Waals surface area contributed by atoms with Gasteiger partial charge in [0.25, 0.3) is 5.91 Å². The van der Waals surface area contributed by atoms with Crippen molar-refractivity contribution in [1.82, 2.24) is 25.2 Å². The number of rotatable bonds is 7. The number of halogens is 1. The van der Waals surface area contributed by atoms with Crippen molar-refractivity contribution in [3.8, 4) is 0 Å². The third-order valence-electron chi connectivity index (χ3n) is 6.45. The minimum absolute atomic E-state index is 0.0531. The SMILES string of the molecule is CSCCC(Nc1ccnc2c(C)c(C(=O)N3CCNC(=O)C3)ccc12)c1nc2ccc(Cl)cc2[nH]1. The second-order valence-corrected chi connectivity index (χ2v) is 10.3. The first-order valence-corrected chi connectivity index (χ1v) is 13.6. The Labute approximate surface area is 218 Å². The number of aromatic nitrogens is 3. The molecule has 1 aliphatic rings. The lowest BCUT2D eigenvalue weighted by atomic mass is 10.0. The monoisotopic (exact) mass is 522 g/mol. The summed E-state index contributed by atoms with van der Waals surface area (Å²) in [7, 11) is 0. The fourth-order valence-corrected chi connectivity index (χ4v) is 5.21. The zero-order valence-electron chi connectivity index (χ0n) is 20.1. The van der Waals surface area contributed by atoms with Gasteiger partial charge in [-0.25, -0.2) is 4.98 Å². The molecule has 0 saturated carbocycles. The number of pyridine rings is 1. The third-order valence-corrected chi connectivity index (χ3v) is 7.33. The number of aryl methyl sites for hydroxylation is 1. The highest BCUT2D eigenvalue weighted by atomic mass is 35.5. The molecule has 3 N–H and O–H groups in total. The van der Waals surface area contributed by atoms with E-state index >= 15 is 0 Å². The number of hydrogen-bond acceptors (Lipinski definition) is 6. The largest absolute Gasteiger partial charge is 0.375 e. The number of amides is 2. The van der Waals surface area contributed by atoms with E-state index in [4.69, 9.17) is 16.6 Å². The van der Waals surface area contributed by atoms with Gasteiger partial charge in [-0.15, -0.1) is 0 Å². The maximum atomic E-state index is 13.2. The summed E-state index contributed by atoms with van der Waals surface area (Å²) in [5.74, 6) is 1.52. The lowest BCUT2D eigenvalue weighted by molar-refractivity contribution is -0.123. The van der Waals surface area contributed by atoms with Crippen LogP contribution in [0.3, 0.4) is 0 Å². The molecule has 10 heteroatoms. The quantitative estimate of drug-likeness (QED) is 0.329.